The molecule has 0 radical (unpaired) electrons. The second kappa shape index (κ2) is 11.2. The van der Waals surface area contributed by atoms with Gasteiger partial charge in [0.05, 0.1) is 16.9 Å². The standard InChI is InChI=1S/C36H31FN4O2/c37-30-10-4-5-11-32(30)40-19-21-41(22-20-40)36(43)27-16-17-31-29(23-27)33(34(39-31)28-9-6-18-38-35(28)42)26-14-12-25(13-15-26)24-7-2-1-3-8-24/h2,4-18,23,39H,1,3,19-22H2,(H,38,42). The van der Waals surface area contributed by atoms with Crippen molar-refractivity contribution in [3.05, 3.63) is 131 Å². The summed E-state index contributed by atoms with van der Waals surface area (Å²) in [4.78, 5) is 36.7. The molecule has 3 heterocycles. The number of H-pyrrole nitrogens is 2. The molecule has 1 amide bonds. The monoisotopic (exact) mass is 570 g/mol. The molecular weight excluding hydrogens is 539 g/mol. The molecule has 0 unspecified atom stereocenters. The summed E-state index contributed by atoms with van der Waals surface area (Å²) in [6.07, 6.45) is 10.3. The minimum absolute atomic E-state index is 0.0623. The first kappa shape index (κ1) is 26.7. The van der Waals surface area contributed by atoms with Crippen molar-refractivity contribution in [1.82, 2.24) is 14.9 Å². The van der Waals surface area contributed by atoms with Crippen LogP contribution in [0, 0.1) is 5.82 Å². The van der Waals surface area contributed by atoms with Crippen LogP contribution in [0.3, 0.4) is 0 Å². The van der Waals surface area contributed by atoms with Crippen LogP contribution < -0.4 is 10.5 Å². The number of aromatic nitrogens is 2. The van der Waals surface area contributed by atoms with E-state index in [0.717, 1.165) is 40.4 Å². The van der Waals surface area contributed by atoms with Crippen LogP contribution in [0.1, 0.15) is 28.8 Å². The Bertz CT molecular complexity index is 1940. The summed E-state index contributed by atoms with van der Waals surface area (Å²) in [6, 6.07) is 24.4. The van der Waals surface area contributed by atoms with Crippen LogP contribution in [-0.2, 0) is 0 Å². The van der Waals surface area contributed by atoms with Crippen LogP contribution in [0.25, 0.3) is 38.9 Å². The average molecular weight is 571 g/mol. The Balaban J connectivity index is 1.24. The van der Waals surface area contributed by atoms with Crippen molar-refractivity contribution in [1.29, 1.82) is 0 Å². The van der Waals surface area contributed by atoms with E-state index in [2.05, 4.69) is 52.5 Å². The molecule has 7 heteroatoms. The molecule has 1 fully saturated rings. The number of carbonyl (C=O) groups excluding carboxylic acids is 1. The van der Waals surface area contributed by atoms with Crippen molar-refractivity contribution in [2.45, 2.75) is 12.8 Å². The predicted octanol–water partition coefficient (Wildman–Crippen LogP) is 7.03. The molecule has 1 aliphatic heterocycles. The van der Waals surface area contributed by atoms with Gasteiger partial charge in [0.1, 0.15) is 5.82 Å². The van der Waals surface area contributed by atoms with Gasteiger partial charge < -0.3 is 19.8 Å². The lowest BCUT2D eigenvalue weighted by molar-refractivity contribution is 0.0747. The van der Waals surface area contributed by atoms with Gasteiger partial charge in [-0.15, -0.1) is 0 Å². The number of para-hydroxylation sites is 1. The third-order valence-electron chi connectivity index (χ3n) is 8.39. The van der Waals surface area contributed by atoms with Crippen LogP contribution >= 0.6 is 0 Å². The highest BCUT2D eigenvalue weighted by Gasteiger charge is 2.25. The van der Waals surface area contributed by atoms with Gasteiger partial charge in [-0.05, 0) is 72.0 Å². The minimum atomic E-state index is -0.249. The molecule has 0 atom stereocenters. The number of rotatable bonds is 5. The fourth-order valence-corrected chi connectivity index (χ4v) is 6.14. The Morgan fingerprint density at radius 3 is 2.37 bits per heavy atom. The molecule has 5 aromatic rings. The van der Waals surface area contributed by atoms with Crippen LogP contribution in [-0.4, -0.2) is 47.0 Å². The molecule has 214 valence electrons. The fraction of sp³-hybridized carbons (Fsp3) is 0.167. The zero-order valence-corrected chi connectivity index (χ0v) is 23.6. The highest BCUT2D eigenvalue weighted by molar-refractivity contribution is 6.07. The maximum absolute atomic E-state index is 14.3. The van der Waals surface area contributed by atoms with Gasteiger partial charge in [0.25, 0.3) is 11.5 Å². The normalized spacial score (nSPS) is 15.1. The van der Waals surface area contributed by atoms with Gasteiger partial charge in [-0.3, -0.25) is 9.59 Å². The molecule has 3 aromatic carbocycles. The summed E-state index contributed by atoms with van der Waals surface area (Å²) in [5, 5.41) is 0.874. The van der Waals surface area contributed by atoms with E-state index in [9.17, 15) is 14.0 Å². The number of nitrogens with zero attached hydrogens (tertiary/aromatic N) is 2. The van der Waals surface area contributed by atoms with Gasteiger partial charge in [0, 0.05) is 54.4 Å². The zero-order chi connectivity index (χ0) is 29.3. The van der Waals surface area contributed by atoms with E-state index >= 15 is 0 Å². The molecule has 0 spiro atoms. The van der Waals surface area contributed by atoms with E-state index in [4.69, 9.17) is 0 Å². The molecular formula is C36H31FN4O2. The zero-order valence-electron chi connectivity index (χ0n) is 23.6. The van der Waals surface area contributed by atoms with Gasteiger partial charge in [-0.25, -0.2) is 4.39 Å². The summed E-state index contributed by atoms with van der Waals surface area (Å²) in [5.41, 5.74) is 7.24. The molecule has 0 saturated carbocycles. The summed E-state index contributed by atoms with van der Waals surface area (Å²) in [7, 11) is 0. The van der Waals surface area contributed by atoms with Crippen molar-refractivity contribution in [2.75, 3.05) is 31.1 Å². The fourth-order valence-electron chi connectivity index (χ4n) is 6.14. The number of amides is 1. The average Bonchev–Trinajstić information content (AvgIpc) is 3.44. The number of carbonyl (C=O) groups is 1. The van der Waals surface area contributed by atoms with Crippen molar-refractivity contribution in [3.63, 3.8) is 0 Å². The Labute approximate surface area is 248 Å². The van der Waals surface area contributed by atoms with E-state index in [0.29, 0.717) is 48.7 Å². The van der Waals surface area contributed by atoms with E-state index in [1.54, 1.807) is 24.4 Å². The number of piperazine rings is 1. The summed E-state index contributed by atoms with van der Waals surface area (Å²) in [5.74, 6) is -0.312. The Hall–Kier alpha value is -5.17. The van der Waals surface area contributed by atoms with Crippen molar-refractivity contribution < 1.29 is 9.18 Å². The topological polar surface area (TPSA) is 72.2 Å². The Kier molecular flexibility index (Phi) is 6.99. The highest BCUT2D eigenvalue weighted by atomic mass is 19.1. The lowest BCUT2D eigenvalue weighted by atomic mass is 9.94. The summed E-state index contributed by atoms with van der Waals surface area (Å²) < 4.78 is 14.3. The van der Waals surface area contributed by atoms with E-state index < -0.39 is 0 Å². The second-order valence-corrected chi connectivity index (χ2v) is 11.0. The molecule has 1 aliphatic carbocycles. The van der Waals surface area contributed by atoms with Crippen molar-refractivity contribution in [3.8, 4) is 22.4 Å². The molecule has 2 N–H and O–H groups in total. The van der Waals surface area contributed by atoms with E-state index in [-0.39, 0.29) is 17.3 Å². The van der Waals surface area contributed by atoms with Gasteiger partial charge in [-0.2, -0.15) is 0 Å². The molecule has 43 heavy (non-hydrogen) atoms. The van der Waals surface area contributed by atoms with Crippen molar-refractivity contribution in [2.24, 2.45) is 0 Å². The quantitative estimate of drug-likeness (QED) is 0.238. The Morgan fingerprint density at radius 1 is 0.837 bits per heavy atom. The van der Waals surface area contributed by atoms with Crippen LogP contribution in [0.2, 0.25) is 0 Å². The summed E-state index contributed by atoms with van der Waals surface area (Å²) >= 11 is 0. The first-order valence-electron chi connectivity index (χ1n) is 14.7. The number of nitrogens with one attached hydrogen (secondary N) is 2. The second-order valence-electron chi connectivity index (χ2n) is 11.0. The molecule has 1 saturated heterocycles. The third-order valence-corrected chi connectivity index (χ3v) is 8.39. The largest absolute Gasteiger partial charge is 0.366 e. The number of hydrogen-bond donors (Lipinski definition) is 2. The number of halogens is 1. The van der Waals surface area contributed by atoms with Crippen molar-refractivity contribution >= 4 is 28.1 Å². The SMILES string of the molecule is O=C(c1ccc2[nH]c(-c3ccc[nH]c3=O)c(-c3ccc(C4=CCCC=C4)cc3)c2c1)N1CCN(c2ccccc2F)CC1. The number of hydrogen-bond acceptors (Lipinski definition) is 3. The van der Waals surface area contributed by atoms with Gasteiger partial charge in [-0.1, -0.05) is 54.6 Å². The van der Waals surface area contributed by atoms with E-state index in [1.165, 1.54) is 11.6 Å². The van der Waals surface area contributed by atoms with Gasteiger partial charge >= 0.3 is 0 Å². The lowest BCUT2D eigenvalue weighted by Crippen LogP contribution is -2.49. The Morgan fingerprint density at radius 2 is 1.63 bits per heavy atom. The molecule has 6 nitrogen and oxygen atoms in total. The first-order valence-corrected chi connectivity index (χ1v) is 14.7. The third kappa shape index (κ3) is 5.07. The minimum Gasteiger partial charge on any atom is -0.366 e. The molecule has 7 rings (SSSR count). The molecule has 0 bridgehead atoms. The van der Waals surface area contributed by atoms with Crippen LogP contribution in [0.4, 0.5) is 10.1 Å². The molecule has 2 aromatic heterocycles. The molecule has 2 aliphatic rings. The lowest BCUT2D eigenvalue weighted by Gasteiger charge is -2.36. The smallest absolute Gasteiger partial charge is 0.257 e. The van der Waals surface area contributed by atoms with Gasteiger partial charge in [0.15, 0.2) is 0 Å². The number of pyridine rings is 1. The predicted molar refractivity (Wildman–Crippen MR) is 171 cm³/mol. The summed E-state index contributed by atoms with van der Waals surface area (Å²) in [6.45, 7) is 2.12. The first-order chi connectivity index (χ1) is 21.1. The van der Waals surface area contributed by atoms with E-state index in [1.807, 2.05) is 40.1 Å². The van der Waals surface area contributed by atoms with Gasteiger partial charge in [0.2, 0.25) is 0 Å². The number of allylic oxidation sites excluding steroid dienone is 4. The highest BCUT2D eigenvalue weighted by Crippen LogP contribution is 2.38. The van der Waals surface area contributed by atoms with Crippen LogP contribution in [0.15, 0.2) is 108 Å². The maximum atomic E-state index is 14.3. The number of aromatic amines is 2. The number of anilines is 1. The number of benzene rings is 3. The number of fused-ring (bicyclic) bond motifs is 1. The van der Waals surface area contributed by atoms with Crippen LogP contribution in [0.5, 0.6) is 0 Å². The maximum Gasteiger partial charge on any atom is 0.257 e.